The van der Waals surface area contributed by atoms with E-state index in [0.717, 1.165) is 83.5 Å². The zero-order valence-electron chi connectivity index (χ0n) is 35.5. The van der Waals surface area contributed by atoms with Crippen LogP contribution in [-0.4, -0.2) is 54.5 Å². The predicted octanol–water partition coefficient (Wildman–Crippen LogP) is 10.4. The Morgan fingerprint density at radius 3 is 1.98 bits per heavy atom. The molecule has 1 amide bonds. The van der Waals surface area contributed by atoms with E-state index in [2.05, 4.69) is 106 Å². The van der Waals surface area contributed by atoms with Gasteiger partial charge in [0.15, 0.2) is 0 Å². The molecule has 0 heterocycles. The molecule has 0 aromatic rings. The van der Waals surface area contributed by atoms with E-state index in [-0.39, 0.29) is 47.4 Å². The Balaban J connectivity index is 1.13. The molecule has 0 radical (unpaired) electrons. The van der Waals surface area contributed by atoms with Crippen LogP contribution in [0.25, 0.3) is 0 Å². The minimum Gasteiger partial charge on any atom is -0.462 e. The zero-order valence-corrected chi connectivity index (χ0v) is 36.3. The lowest BCUT2D eigenvalue weighted by Gasteiger charge is -2.62. The fourth-order valence-electron chi connectivity index (χ4n) is 11.3. The van der Waals surface area contributed by atoms with Gasteiger partial charge in [-0.05, 0) is 149 Å². The van der Waals surface area contributed by atoms with Gasteiger partial charge in [0.05, 0.1) is 11.9 Å². The van der Waals surface area contributed by atoms with Crippen molar-refractivity contribution in [1.29, 1.82) is 0 Å². The van der Waals surface area contributed by atoms with Crippen molar-refractivity contribution in [1.82, 2.24) is 5.32 Å². The van der Waals surface area contributed by atoms with Crippen LogP contribution in [-0.2, 0) is 24.4 Å². The molecule has 0 bridgehead atoms. The quantitative estimate of drug-likeness (QED) is 0.0564. The van der Waals surface area contributed by atoms with Gasteiger partial charge in [-0.2, -0.15) is 8.42 Å². The molecule has 0 spiro atoms. The van der Waals surface area contributed by atoms with Crippen LogP contribution < -0.4 is 5.32 Å². The number of aliphatic hydroxyl groups is 1. The number of amides is 1. The van der Waals surface area contributed by atoms with Crippen LogP contribution in [0, 0.1) is 46.3 Å². The number of nitrogens with one attached hydrogen (secondary N) is 1. The summed E-state index contributed by atoms with van der Waals surface area (Å²) in [6.45, 7) is 9.03. The van der Waals surface area contributed by atoms with E-state index < -0.39 is 15.9 Å². The lowest BCUT2D eigenvalue weighted by Crippen LogP contribution is -2.59. The number of esters is 1. The van der Waals surface area contributed by atoms with Gasteiger partial charge in [0.1, 0.15) is 6.10 Å². The molecule has 320 valence electrons. The number of hydrogen-bond acceptors (Lipinski definition) is 6. The molecule has 4 rings (SSSR count). The van der Waals surface area contributed by atoms with Crippen LogP contribution in [0.3, 0.4) is 0 Å². The number of carbonyl (C=O) groups is 2. The molecule has 0 aromatic heterocycles. The third kappa shape index (κ3) is 13.9. The number of allylic oxidation sites excluding steroid dienone is 12. The average Bonchev–Trinajstić information content (AvgIpc) is 3.53. The van der Waals surface area contributed by atoms with Crippen LogP contribution in [0.5, 0.6) is 0 Å². The second kappa shape index (κ2) is 23.1. The first kappa shape index (κ1) is 46.9. The summed E-state index contributed by atoms with van der Waals surface area (Å²) in [5.74, 6) is 1.83. The van der Waals surface area contributed by atoms with Gasteiger partial charge in [-0.3, -0.25) is 14.1 Å². The van der Waals surface area contributed by atoms with E-state index >= 15 is 0 Å². The van der Waals surface area contributed by atoms with Gasteiger partial charge in [0, 0.05) is 19.4 Å². The summed E-state index contributed by atoms with van der Waals surface area (Å²) in [5.41, 5.74) is -0.0364. The number of hydrogen-bond donors (Lipinski definition) is 3. The van der Waals surface area contributed by atoms with Crippen molar-refractivity contribution < 1.29 is 32.4 Å². The summed E-state index contributed by atoms with van der Waals surface area (Å²) in [6.07, 6.45) is 41.9. The van der Waals surface area contributed by atoms with Crippen molar-refractivity contribution in [2.75, 3.05) is 12.3 Å². The number of aliphatic hydroxyl groups excluding tert-OH is 1. The third-order valence-corrected chi connectivity index (χ3v) is 15.1. The zero-order chi connectivity index (χ0) is 41.3. The smallest absolute Gasteiger partial charge is 0.306 e. The van der Waals surface area contributed by atoms with Gasteiger partial charge in [0.25, 0.3) is 10.1 Å². The molecule has 10 unspecified atom stereocenters. The molecule has 9 heteroatoms. The summed E-state index contributed by atoms with van der Waals surface area (Å²) in [6, 6.07) is 0. The van der Waals surface area contributed by atoms with E-state index in [9.17, 15) is 23.1 Å². The minimum atomic E-state index is -4.10. The number of ether oxygens (including phenoxy) is 1. The summed E-state index contributed by atoms with van der Waals surface area (Å²) in [7, 11) is -4.10. The van der Waals surface area contributed by atoms with Crippen LogP contribution in [0.4, 0.5) is 0 Å². The molecule has 0 aromatic carbocycles. The van der Waals surface area contributed by atoms with E-state index in [1.807, 2.05) is 0 Å². The van der Waals surface area contributed by atoms with Gasteiger partial charge in [-0.15, -0.1) is 0 Å². The van der Waals surface area contributed by atoms with Gasteiger partial charge >= 0.3 is 5.97 Å². The lowest BCUT2D eigenvalue weighted by molar-refractivity contribution is -0.181. The second-order valence-corrected chi connectivity index (χ2v) is 19.5. The number of carbonyl (C=O) groups excluding carboxylic acids is 2. The molecule has 0 aliphatic heterocycles. The first-order valence-electron chi connectivity index (χ1n) is 22.3. The number of fused-ring (bicyclic) bond motifs is 5. The van der Waals surface area contributed by atoms with Crippen molar-refractivity contribution in [3.05, 3.63) is 72.9 Å². The van der Waals surface area contributed by atoms with Crippen molar-refractivity contribution in [2.24, 2.45) is 46.3 Å². The Morgan fingerprint density at radius 2 is 1.39 bits per heavy atom. The van der Waals surface area contributed by atoms with Crippen molar-refractivity contribution in [3.8, 4) is 0 Å². The minimum absolute atomic E-state index is 0.0156. The summed E-state index contributed by atoms with van der Waals surface area (Å²) < 4.78 is 37.0. The topological polar surface area (TPSA) is 130 Å². The highest BCUT2D eigenvalue weighted by Gasteiger charge is 2.63. The third-order valence-electron chi connectivity index (χ3n) is 14.4. The van der Waals surface area contributed by atoms with Gasteiger partial charge in [-0.1, -0.05) is 101 Å². The molecule has 57 heavy (non-hydrogen) atoms. The van der Waals surface area contributed by atoms with Crippen LogP contribution in [0.2, 0.25) is 0 Å². The van der Waals surface area contributed by atoms with Crippen molar-refractivity contribution in [3.63, 3.8) is 0 Å². The van der Waals surface area contributed by atoms with Crippen LogP contribution >= 0.6 is 0 Å². The highest BCUT2D eigenvalue weighted by molar-refractivity contribution is 7.85. The Bertz CT molecular complexity index is 1560. The first-order valence-corrected chi connectivity index (χ1v) is 23.9. The maximum Gasteiger partial charge on any atom is 0.306 e. The second-order valence-electron chi connectivity index (χ2n) is 18.0. The Hall–Kier alpha value is -2.75. The molecule has 4 aliphatic carbocycles. The normalized spacial score (nSPS) is 32.4. The highest BCUT2D eigenvalue weighted by atomic mass is 32.2. The average molecular weight is 810 g/mol. The maximum absolute atomic E-state index is 12.8. The first-order chi connectivity index (χ1) is 27.3. The van der Waals surface area contributed by atoms with E-state index in [1.165, 1.54) is 6.42 Å². The summed E-state index contributed by atoms with van der Waals surface area (Å²) in [5, 5.41) is 14.6. The molecule has 3 N–H and O–H groups in total. The molecular formula is C48H75NO7S. The van der Waals surface area contributed by atoms with E-state index in [1.54, 1.807) is 0 Å². The Kier molecular flexibility index (Phi) is 19.1. The monoisotopic (exact) mass is 810 g/mol. The molecule has 4 fully saturated rings. The SMILES string of the molecule is CC/C=C\C/C=C\C/C=C\C/C=C\C/C=C\C/C=C\CCC(=O)OC1CCC2(C)C(CCC3C2CC(O)C2(C)C(C(C)CCC(=O)NCCS(=O)(=O)O)CCC32)C1. The summed E-state index contributed by atoms with van der Waals surface area (Å²) >= 11 is 0. The van der Waals surface area contributed by atoms with E-state index in [4.69, 9.17) is 9.29 Å². The van der Waals surface area contributed by atoms with E-state index in [0.29, 0.717) is 55.3 Å². The van der Waals surface area contributed by atoms with Crippen molar-refractivity contribution in [2.45, 2.75) is 155 Å². The molecule has 8 nitrogen and oxygen atoms in total. The molecular weight excluding hydrogens is 735 g/mol. The largest absolute Gasteiger partial charge is 0.462 e. The molecule has 4 aliphatic rings. The Labute approximate surface area is 345 Å². The lowest BCUT2D eigenvalue weighted by atomic mass is 9.43. The van der Waals surface area contributed by atoms with Gasteiger partial charge < -0.3 is 15.2 Å². The summed E-state index contributed by atoms with van der Waals surface area (Å²) in [4.78, 5) is 25.3. The van der Waals surface area contributed by atoms with Crippen LogP contribution in [0.1, 0.15) is 143 Å². The fraction of sp³-hybridized carbons (Fsp3) is 0.708. The van der Waals surface area contributed by atoms with Crippen LogP contribution in [0.15, 0.2) is 72.9 Å². The van der Waals surface area contributed by atoms with Gasteiger partial charge in [-0.25, -0.2) is 0 Å². The number of rotatable bonds is 22. The molecule has 4 saturated carbocycles. The maximum atomic E-state index is 12.8. The fourth-order valence-corrected chi connectivity index (χ4v) is 11.7. The van der Waals surface area contributed by atoms with Gasteiger partial charge in [0.2, 0.25) is 5.91 Å². The Morgan fingerprint density at radius 1 is 0.789 bits per heavy atom. The molecule has 10 atom stereocenters. The predicted molar refractivity (Wildman–Crippen MR) is 232 cm³/mol. The highest BCUT2D eigenvalue weighted by Crippen LogP contribution is 2.68. The van der Waals surface area contributed by atoms with Crippen molar-refractivity contribution >= 4 is 22.0 Å². The molecule has 0 saturated heterocycles. The standard InChI is InChI=1S/C48H75NO7S/c1-5-6-7-8-9-10-11-12-13-14-15-16-17-18-19-20-21-22-23-24-46(52)56-39-31-32-47(3)38(35-39)26-27-40-42-29-28-41(48(42,4)44(50)36-43(40)47)37(2)25-30-45(51)49-33-34-57(53,54)55/h6-7,9-10,12-13,15-16,18-19,21-22,37-44,50H,5,8,11,14,17,20,23-36H2,1-4H3,(H,49,51)(H,53,54,55)/b7-6-,10-9-,13-12-,16-15-,19-18-,22-21-.